The molecule has 0 aliphatic rings. The average Bonchev–Trinajstić information content (AvgIpc) is 2.52. The molecular weight excluding hydrogens is 282 g/mol. The first-order valence-electron chi connectivity index (χ1n) is 6.89. The maximum absolute atomic E-state index is 12.1. The molecule has 1 atom stereocenters. The topological polar surface area (TPSA) is 92.2 Å². The van der Waals surface area contributed by atoms with Crippen LogP contribution in [0.25, 0.3) is 11.4 Å². The normalized spacial score (nSPS) is 11.7. The van der Waals surface area contributed by atoms with Crippen LogP contribution in [0, 0.1) is 12.8 Å². The van der Waals surface area contributed by atoms with E-state index in [0.717, 1.165) is 5.56 Å². The minimum absolute atomic E-state index is 0.0635. The molecule has 0 aliphatic heterocycles. The Balaban J connectivity index is 2.13. The molecule has 0 radical (unpaired) electrons. The van der Waals surface area contributed by atoms with Crippen molar-refractivity contribution in [3.8, 4) is 11.4 Å². The lowest BCUT2D eigenvalue weighted by Gasteiger charge is -2.10. The van der Waals surface area contributed by atoms with Gasteiger partial charge in [-0.25, -0.2) is 9.97 Å². The van der Waals surface area contributed by atoms with Crippen molar-refractivity contribution >= 4 is 11.9 Å². The highest BCUT2D eigenvalue weighted by Crippen LogP contribution is 2.15. The van der Waals surface area contributed by atoms with Crippen LogP contribution in [0.3, 0.4) is 0 Å². The maximum Gasteiger partial charge on any atom is 0.308 e. The molecule has 0 bridgehead atoms. The molecule has 114 valence electrons. The third-order valence-corrected chi connectivity index (χ3v) is 3.25. The number of aromatic nitrogens is 2. The molecule has 22 heavy (non-hydrogen) atoms. The Labute approximate surface area is 128 Å². The van der Waals surface area contributed by atoms with Gasteiger partial charge in [-0.3, -0.25) is 9.59 Å². The molecule has 6 nitrogen and oxygen atoms in total. The number of carbonyl (C=O) groups is 2. The number of carboxylic acids is 1. The lowest BCUT2D eigenvalue weighted by Crippen LogP contribution is -2.32. The van der Waals surface area contributed by atoms with Crippen molar-refractivity contribution in [2.75, 3.05) is 6.54 Å². The number of amides is 1. The predicted molar refractivity (Wildman–Crippen MR) is 81.3 cm³/mol. The number of benzene rings is 1. The molecule has 1 aromatic heterocycles. The Morgan fingerprint density at radius 2 is 1.95 bits per heavy atom. The van der Waals surface area contributed by atoms with Gasteiger partial charge in [0.15, 0.2) is 5.82 Å². The van der Waals surface area contributed by atoms with E-state index >= 15 is 0 Å². The van der Waals surface area contributed by atoms with E-state index in [4.69, 9.17) is 5.11 Å². The molecule has 0 saturated carbocycles. The summed E-state index contributed by atoms with van der Waals surface area (Å²) in [4.78, 5) is 31.3. The molecule has 1 heterocycles. The highest BCUT2D eigenvalue weighted by Gasteiger charge is 2.16. The molecule has 6 heteroatoms. The summed E-state index contributed by atoms with van der Waals surface area (Å²) in [6.45, 7) is 3.32. The van der Waals surface area contributed by atoms with Gasteiger partial charge in [0.1, 0.15) is 0 Å². The van der Waals surface area contributed by atoms with Gasteiger partial charge in [0, 0.05) is 18.3 Å². The number of nitrogens with one attached hydrogen (secondary N) is 1. The first-order chi connectivity index (χ1) is 10.5. The van der Waals surface area contributed by atoms with Gasteiger partial charge in [-0.1, -0.05) is 37.3 Å². The first-order valence-corrected chi connectivity index (χ1v) is 6.89. The number of hydrogen-bond acceptors (Lipinski definition) is 4. The van der Waals surface area contributed by atoms with Crippen molar-refractivity contribution in [2.24, 2.45) is 5.92 Å². The molecule has 1 unspecified atom stereocenters. The monoisotopic (exact) mass is 299 g/mol. The van der Waals surface area contributed by atoms with Gasteiger partial charge in [-0.15, -0.1) is 0 Å². The second kappa shape index (κ2) is 6.80. The number of aryl methyl sites for hydroxylation is 1. The van der Waals surface area contributed by atoms with Crippen molar-refractivity contribution < 1.29 is 14.7 Å². The number of rotatable bonds is 5. The van der Waals surface area contributed by atoms with Crippen LogP contribution in [-0.4, -0.2) is 33.5 Å². The molecule has 0 spiro atoms. The predicted octanol–water partition coefficient (Wildman–Crippen LogP) is 1.90. The van der Waals surface area contributed by atoms with Crippen LogP contribution in [0.5, 0.6) is 0 Å². The summed E-state index contributed by atoms with van der Waals surface area (Å²) in [7, 11) is 0. The van der Waals surface area contributed by atoms with Crippen LogP contribution >= 0.6 is 0 Å². The van der Waals surface area contributed by atoms with Crippen molar-refractivity contribution in [2.45, 2.75) is 13.8 Å². The van der Waals surface area contributed by atoms with Gasteiger partial charge >= 0.3 is 5.97 Å². The summed E-state index contributed by atoms with van der Waals surface area (Å²) in [5.41, 5.74) is 1.77. The van der Waals surface area contributed by atoms with Gasteiger partial charge in [0.25, 0.3) is 5.91 Å². The van der Waals surface area contributed by atoms with Gasteiger partial charge in [0.05, 0.1) is 17.2 Å². The van der Waals surface area contributed by atoms with Crippen LogP contribution in [-0.2, 0) is 4.79 Å². The Kier molecular flexibility index (Phi) is 4.83. The van der Waals surface area contributed by atoms with Crippen molar-refractivity contribution in [1.82, 2.24) is 15.3 Å². The average molecular weight is 299 g/mol. The molecular formula is C16H17N3O3. The zero-order chi connectivity index (χ0) is 16.1. The van der Waals surface area contributed by atoms with Crippen LogP contribution in [0.4, 0.5) is 0 Å². The van der Waals surface area contributed by atoms with Crippen LogP contribution in [0.2, 0.25) is 0 Å². The summed E-state index contributed by atoms with van der Waals surface area (Å²) in [5, 5.41) is 11.4. The number of aliphatic carboxylic acids is 1. The molecule has 1 amide bonds. The Morgan fingerprint density at radius 1 is 1.27 bits per heavy atom. The third kappa shape index (κ3) is 3.66. The molecule has 0 saturated heterocycles. The van der Waals surface area contributed by atoms with E-state index < -0.39 is 11.9 Å². The van der Waals surface area contributed by atoms with Crippen molar-refractivity contribution in [3.05, 3.63) is 47.8 Å². The number of hydrogen-bond donors (Lipinski definition) is 2. The van der Waals surface area contributed by atoms with E-state index in [1.807, 2.05) is 30.3 Å². The maximum atomic E-state index is 12.1. The fraction of sp³-hybridized carbons (Fsp3) is 0.250. The fourth-order valence-corrected chi connectivity index (χ4v) is 1.84. The molecule has 2 N–H and O–H groups in total. The lowest BCUT2D eigenvalue weighted by atomic mass is 10.1. The molecule has 2 aromatic rings. The number of nitrogens with zero attached hydrogens (tertiary/aromatic N) is 2. The minimum atomic E-state index is -0.951. The van der Waals surface area contributed by atoms with Crippen molar-refractivity contribution in [1.29, 1.82) is 0 Å². The van der Waals surface area contributed by atoms with Gasteiger partial charge < -0.3 is 10.4 Å². The summed E-state index contributed by atoms with van der Waals surface area (Å²) in [6, 6.07) is 9.47. The lowest BCUT2D eigenvalue weighted by molar-refractivity contribution is -0.140. The smallest absolute Gasteiger partial charge is 0.308 e. The highest BCUT2D eigenvalue weighted by molar-refractivity contribution is 5.95. The van der Waals surface area contributed by atoms with E-state index in [1.165, 1.54) is 13.1 Å². The van der Waals surface area contributed by atoms with Crippen molar-refractivity contribution in [3.63, 3.8) is 0 Å². The van der Waals surface area contributed by atoms with Gasteiger partial charge in [-0.05, 0) is 6.92 Å². The third-order valence-electron chi connectivity index (χ3n) is 3.25. The summed E-state index contributed by atoms with van der Waals surface area (Å²) in [5.74, 6) is -1.42. The van der Waals surface area contributed by atoms with E-state index in [2.05, 4.69) is 15.3 Å². The molecule has 0 fully saturated rings. The number of carbonyl (C=O) groups excluding carboxylic acids is 1. The Bertz CT molecular complexity index is 686. The van der Waals surface area contributed by atoms with E-state index in [1.54, 1.807) is 6.92 Å². The molecule has 1 aromatic carbocycles. The zero-order valence-corrected chi connectivity index (χ0v) is 12.4. The van der Waals surface area contributed by atoms with Crippen LogP contribution in [0.15, 0.2) is 36.5 Å². The van der Waals surface area contributed by atoms with Crippen LogP contribution in [0.1, 0.15) is 23.0 Å². The molecule has 2 rings (SSSR count). The van der Waals surface area contributed by atoms with E-state index in [-0.39, 0.29) is 12.5 Å². The molecule has 0 aliphatic carbocycles. The standard InChI is InChI=1S/C16H17N3O3/c1-10(16(21)22)8-18-15(20)13-9-17-14(19-11(13)2)12-6-4-3-5-7-12/h3-7,9-10H,8H2,1-2H3,(H,18,20)(H,21,22). The van der Waals surface area contributed by atoms with Crippen LogP contribution < -0.4 is 5.32 Å². The Hall–Kier alpha value is -2.76. The quantitative estimate of drug-likeness (QED) is 0.879. The highest BCUT2D eigenvalue weighted by atomic mass is 16.4. The van der Waals surface area contributed by atoms with E-state index in [0.29, 0.717) is 17.1 Å². The number of carboxylic acid groups (broad SMARTS) is 1. The first kappa shape index (κ1) is 15.6. The summed E-state index contributed by atoms with van der Waals surface area (Å²) >= 11 is 0. The largest absolute Gasteiger partial charge is 0.481 e. The minimum Gasteiger partial charge on any atom is -0.481 e. The van der Waals surface area contributed by atoms with Gasteiger partial charge in [-0.2, -0.15) is 0 Å². The van der Waals surface area contributed by atoms with E-state index in [9.17, 15) is 9.59 Å². The second-order valence-corrected chi connectivity index (χ2v) is 5.01. The fourth-order valence-electron chi connectivity index (χ4n) is 1.84. The summed E-state index contributed by atoms with van der Waals surface area (Å²) < 4.78 is 0. The summed E-state index contributed by atoms with van der Waals surface area (Å²) in [6.07, 6.45) is 1.46. The second-order valence-electron chi connectivity index (χ2n) is 5.01. The van der Waals surface area contributed by atoms with Gasteiger partial charge in [0.2, 0.25) is 0 Å². The zero-order valence-electron chi connectivity index (χ0n) is 12.4. The SMILES string of the molecule is Cc1nc(-c2ccccc2)ncc1C(=O)NCC(C)C(=O)O. The Morgan fingerprint density at radius 3 is 2.55 bits per heavy atom.